The second-order valence-electron chi connectivity index (χ2n) is 4.04. The molecular weight excluding hydrogens is 284 g/mol. The van der Waals surface area contributed by atoms with Crippen LogP contribution in [-0.4, -0.2) is 40.8 Å². The topological polar surface area (TPSA) is 42.4 Å². The molecule has 0 atom stereocenters. The Morgan fingerprint density at radius 2 is 2.24 bits per heavy atom. The molecule has 92 valence electrons. The fraction of sp³-hybridized carbons (Fsp3) is 0.500. The molecule has 0 radical (unpaired) electrons. The van der Waals surface area contributed by atoms with Gasteiger partial charge in [-0.05, 0) is 18.9 Å². The lowest BCUT2D eigenvalue weighted by Crippen LogP contribution is -2.38. The van der Waals surface area contributed by atoms with Gasteiger partial charge in [0.15, 0.2) is 0 Å². The summed E-state index contributed by atoms with van der Waals surface area (Å²) in [6.07, 6.45) is 5.19. The van der Waals surface area contributed by atoms with Gasteiger partial charge in [-0.15, -0.1) is 0 Å². The third kappa shape index (κ3) is 2.77. The van der Waals surface area contributed by atoms with E-state index in [1.807, 2.05) is 4.90 Å². The number of carbonyl (C=O) groups is 1. The van der Waals surface area contributed by atoms with Crippen LogP contribution in [0.4, 0.5) is 0 Å². The van der Waals surface area contributed by atoms with Crippen LogP contribution in [0, 0.1) is 0 Å². The van der Waals surface area contributed by atoms with Crippen LogP contribution in [0.1, 0.15) is 23.2 Å². The predicted octanol–water partition coefficient (Wildman–Crippen LogP) is 2.09. The van der Waals surface area contributed by atoms with Crippen molar-refractivity contribution in [1.29, 1.82) is 0 Å². The van der Waals surface area contributed by atoms with Crippen molar-refractivity contribution in [2.45, 2.75) is 17.7 Å². The fourth-order valence-corrected chi connectivity index (χ4v) is 2.35. The molecule has 0 aliphatic carbocycles. The van der Waals surface area contributed by atoms with E-state index >= 15 is 0 Å². The van der Waals surface area contributed by atoms with Crippen molar-refractivity contribution in [3.05, 3.63) is 24.0 Å². The van der Waals surface area contributed by atoms with E-state index in [4.69, 9.17) is 4.74 Å². The number of amides is 1. The summed E-state index contributed by atoms with van der Waals surface area (Å²) < 4.78 is 5.16. The quantitative estimate of drug-likeness (QED) is 0.785. The molecule has 0 aromatic carbocycles. The van der Waals surface area contributed by atoms with E-state index in [0.717, 1.165) is 25.9 Å². The monoisotopic (exact) mass is 298 g/mol. The molecule has 4 nitrogen and oxygen atoms in total. The zero-order chi connectivity index (χ0) is 12.3. The standard InChI is InChI=1S/C12H15BrN2O2/c1-17-11-8-14-5-2-10(11)12(16)15-6-3-9(13)4-7-15/h2,5,8-9H,3-4,6-7H2,1H3. The van der Waals surface area contributed by atoms with E-state index in [1.54, 1.807) is 25.6 Å². The molecule has 5 heteroatoms. The van der Waals surface area contributed by atoms with Crippen LogP contribution in [0.2, 0.25) is 0 Å². The van der Waals surface area contributed by atoms with Crippen molar-refractivity contribution in [2.75, 3.05) is 20.2 Å². The molecule has 1 amide bonds. The third-order valence-corrected chi connectivity index (χ3v) is 3.86. The SMILES string of the molecule is COc1cnccc1C(=O)N1CCC(Br)CC1. The molecule has 0 N–H and O–H groups in total. The minimum Gasteiger partial charge on any atom is -0.494 e. The van der Waals surface area contributed by atoms with E-state index in [2.05, 4.69) is 20.9 Å². The first-order valence-corrected chi connectivity index (χ1v) is 6.55. The Labute approximate surface area is 109 Å². The average molecular weight is 299 g/mol. The number of hydrogen-bond donors (Lipinski definition) is 0. The Bertz CT molecular complexity index is 403. The number of hydrogen-bond acceptors (Lipinski definition) is 3. The predicted molar refractivity (Wildman–Crippen MR) is 68.6 cm³/mol. The zero-order valence-electron chi connectivity index (χ0n) is 9.73. The summed E-state index contributed by atoms with van der Waals surface area (Å²) in [6.45, 7) is 1.58. The second-order valence-corrected chi connectivity index (χ2v) is 5.34. The molecular formula is C12H15BrN2O2. The van der Waals surface area contributed by atoms with Gasteiger partial charge in [-0.1, -0.05) is 15.9 Å². The highest BCUT2D eigenvalue weighted by Crippen LogP contribution is 2.22. The molecule has 1 saturated heterocycles. The van der Waals surface area contributed by atoms with Gasteiger partial charge in [-0.3, -0.25) is 9.78 Å². The van der Waals surface area contributed by atoms with Gasteiger partial charge in [-0.2, -0.15) is 0 Å². The summed E-state index contributed by atoms with van der Waals surface area (Å²) in [5.74, 6) is 0.571. The summed E-state index contributed by atoms with van der Waals surface area (Å²) in [6, 6.07) is 1.71. The molecule has 17 heavy (non-hydrogen) atoms. The summed E-state index contributed by atoms with van der Waals surface area (Å²) in [7, 11) is 1.55. The lowest BCUT2D eigenvalue weighted by atomic mass is 10.1. The average Bonchev–Trinajstić information content (AvgIpc) is 2.39. The first-order chi connectivity index (χ1) is 8.22. The van der Waals surface area contributed by atoms with Crippen molar-refractivity contribution >= 4 is 21.8 Å². The van der Waals surface area contributed by atoms with Crippen LogP contribution in [-0.2, 0) is 0 Å². The summed E-state index contributed by atoms with van der Waals surface area (Å²) >= 11 is 3.58. The molecule has 2 heterocycles. The van der Waals surface area contributed by atoms with Gasteiger partial charge in [0.05, 0.1) is 18.9 Å². The summed E-state index contributed by atoms with van der Waals surface area (Å²) in [5, 5.41) is 0. The Morgan fingerprint density at radius 3 is 2.88 bits per heavy atom. The van der Waals surface area contributed by atoms with E-state index < -0.39 is 0 Å². The van der Waals surface area contributed by atoms with E-state index in [0.29, 0.717) is 16.1 Å². The molecule has 0 bridgehead atoms. The summed E-state index contributed by atoms with van der Waals surface area (Å²) in [4.78, 5) is 18.6. The fourth-order valence-electron chi connectivity index (χ4n) is 1.94. The highest BCUT2D eigenvalue weighted by molar-refractivity contribution is 9.09. The number of ether oxygens (including phenoxy) is 1. The number of likely N-dealkylation sites (tertiary alicyclic amines) is 1. The van der Waals surface area contributed by atoms with Crippen LogP contribution in [0.15, 0.2) is 18.5 Å². The smallest absolute Gasteiger partial charge is 0.257 e. The number of aromatic nitrogens is 1. The number of alkyl halides is 1. The van der Waals surface area contributed by atoms with Crippen molar-refractivity contribution in [1.82, 2.24) is 9.88 Å². The minimum absolute atomic E-state index is 0.0312. The first-order valence-electron chi connectivity index (χ1n) is 5.63. The van der Waals surface area contributed by atoms with Crippen molar-refractivity contribution < 1.29 is 9.53 Å². The van der Waals surface area contributed by atoms with Crippen LogP contribution in [0.25, 0.3) is 0 Å². The van der Waals surface area contributed by atoms with Gasteiger partial charge in [0.1, 0.15) is 5.75 Å². The van der Waals surface area contributed by atoms with Gasteiger partial charge < -0.3 is 9.64 Å². The van der Waals surface area contributed by atoms with Crippen molar-refractivity contribution in [3.63, 3.8) is 0 Å². The van der Waals surface area contributed by atoms with Gasteiger partial charge in [0, 0.05) is 24.1 Å². The number of carbonyl (C=O) groups excluding carboxylic acids is 1. The Kier molecular flexibility index (Phi) is 3.99. The van der Waals surface area contributed by atoms with E-state index in [1.165, 1.54) is 0 Å². The van der Waals surface area contributed by atoms with Gasteiger partial charge >= 0.3 is 0 Å². The number of methoxy groups -OCH3 is 1. The lowest BCUT2D eigenvalue weighted by molar-refractivity contribution is 0.0725. The highest BCUT2D eigenvalue weighted by atomic mass is 79.9. The minimum atomic E-state index is 0.0312. The van der Waals surface area contributed by atoms with Crippen molar-refractivity contribution in [2.24, 2.45) is 0 Å². The highest BCUT2D eigenvalue weighted by Gasteiger charge is 2.24. The van der Waals surface area contributed by atoms with Crippen LogP contribution in [0.3, 0.4) is 0 Å². The Balaban J connectivity index is 2.14. The molecule has 1 aliphatic rings. The molecule has 0 saturated carbocycles. The molecule has 0 spiro atoms. The molecule has 1 fully saturated rings. The van der Waals surface area contributed by atoms with E-state index in [9.17, 15) is 4.79 Å². The normalized spacial score (nSPS) is 16.9. The number of piperidine rings is 1. The number of nitrogens with zero attached hydrogens (tertiary/aromatic N) is 2. The summed E-state index contributed by atoms with van der Waals surface area (Å²) in [5.41, 5.74) is 0.593. The van der Waals surface area contributed by atoms with Crippen LogP contribution in [0.5, 0.6) is 5.75 Å². The van der Waals surface area contributed by atoms with Gasteiger partial charge in [0.2, 0.25) is 0 Å². The first kappa shape index (κ1) is 12.4. The maximum Gasteiger partial charge on any atom is 0.257 e. The van der Waals surface area contributed by atoms with E-state index in [-0.39, 0.29) is 5.91 Å². The number of halogens is 1. The van der Waals surface area contributed by atoms with Gasteiger partial charge in [0.25, 0.3) is 5.91 Å². The lowest BCUT2D eigenvalue weighted by Gasteiger charge is -2.29. The van der Waals surface area contributed by atoms with Crippen LogP contribution >= 0.6 is 15.9 Å². The number of rotatable bonds is 2. The van der Waals surface area contributed by atoms with Crippen LogP contribution < -0.4 is 4.74 Å². The largest absolute Gasteiger partial charge is 0.494 e. The molecule has 1 aromatic rings. The second kappa shape index (κ2) is 5.49. The van der Waals surface area contributed by atoms with Crippen molar-refractivity contribution in [3.8, 4) is 5.75 Å². The Hall–Kier alpha value is -1.10. The molecule has 1 aromatic heterocycles. The molecule has 0 unspecified atom stereocenters. The molecule has 2 rings (SSSR count). The maximum atomic E-state index is 12.3. The Morgan fingerprint density at radius 1 is 1.53 bits per heavy atom. The van der Waals surface area contributed by atoms with Gasteiger partial charge in [-0.25, -0.2) is 0 Å². The number of pyridine rings is 1. The third-order valence-electron chi connectivity index (χ3n) is 2.95. The zero-order valence-corrected chi connectivity index (χ0v) is 11.3. The maximum absolute atomic E-state index is 12.3. The molecule has 1 aliphatic heterocycles.